The smallest absolute Gasteiger partial charge is 0.343 e. The number of hydrogen-bond acceptors (Lipinski definition) is 3. The van der Waals surface area contributed by atoms with Crippen molar-refractivity contribution in [2.24, 2.45) is 4.99 Å². The molecule has 2 amide bonds. The number of amides is 2. The van der Waals surface area contributed by atoms with Crippen molar-refractivity contribution in [1.82, 2.24) is 15.5 Å². The number of aliphatic imine (C=N–C) groups is 1. The van der Waals surface area contributed by atoms with E-state index in [0.717, 1.165) is 38.4 Å². The van der Waals surface area contributed by atoms with Crippen molar-refractivity contribution < 1.29 is 4.79 Å². The molecule has 0 aromatic rings. The lowest BCUT2D eigenvalue weighted by atomic mass is 10.4. The summed E-state index contributed by atoms with van der Waals surface area (Å²) in [6.45, 7) is 4.59. The van der Waals surface area contributed by atoms with Gasteiger partial charge in [-0.25, -0.2) is 4.79 Å². The molecule has 0 aliphatic carbocycles. The van der Waals surface area contributed by atoms with Crippen LogP contribution in [0.25, 0.3) is 0 Å². The fourth-order valence-corrected chi connectivity index (χ4v) is 1.64. The Labute approximate surface area is 77.2 Å². The van der Waals surface area contributed by atoms with Gasteiger partial charge in [0.1, 0.15) is 5.84 Å². The van der Waals surface area contributed by atoms with Crippen molar-refractivity contribution >= 4 is 11.9 Å². The maximum Gasteiger partial charge on any atom is 0.343 e. The van der Waals surface area contributed by atoms with Crippen molar-refractivity contribution in [2.45, 2.75) is 6.42 Å². The highest BCUT2D eigenvalue weighted by atomic mass is 16.2. The van der Waals surface area contributed by atoms with E-state index in [1.807, 2.05) is 0 Å². The van der Waals surface area contributed by atoms with Gasteiger partial charge in [0, 0.05) is 19.6 Å². The SMILES string of the molecule is O=C1N=C(N2CCCNCC2)CN1. The van der Waals surface area contributed by atoms with Crippen LogP contribution in [-0.4, -0.2) is 49.5 Å². The van der Waals surface area contributed by atoms with Gasteiger partial charge in [0.05, 0.1) is 6.54 Å². The normalized spacial score (nSPS) is 23.8. The Kier molecular flexibility index (Phi) is 2.44. The first-order valence-corrected chi connectivity index (χ1v) is 4.67. The number of rotatable bonds is 0. The summed E-state index contributed by atoms with van der Waals surface area (Å²) in [6, 6.07) is -0.202. The molecule has 2 heterocycles. The standard InChI is InChI=1S/C8H14N4O/c13-8-10-6-7(11-8)12-4-1-2-9-3-5-12/h9H,1-6H2,(H,10,13). The van der Waals surface area contributed by atoms with Gasteiger partial charge in [0.15, 0.2) is 0 Å². The zero-order valence-electron chi connectivity index (χ0n) is 7.55. The number of carbonyl (C=O) groups is 1. The molecular weight excluding hydrogens is 168 g/mol. The minimum Gasteiger partial charge on any atom is -0.357 e. The third-order valence-electron chi connectivity index (χ3n) is 2.33. The van der Waals surface area contributed by atoms with Crippen LogP contribution in [0.5, 0.6) is 0 Å². The van der Waals surface area contributed by atoms with Gasteiger partial charge in [-0.1, -0.05) is 0 Å². The number of amidine groups is 1. The molecule has 1 saturated heterocycles. The molecule has 0 spiro atoms. The summed E-state index contributed by atoms with van der Waals surface area (Å²) in [4.78, 5) is 16.9. The zero-order valence-corrected chi connectivity index (χ0v) is 7.55. The van der Waals surface area contributed by atoms with Gasteiger partial charge in [-0.05, 0) is 13.0 Å². The molecule has 2 N–H and O–H groups in total. The van der Waals surface area contributed by atoms with Crippen molar-refractivity contribution in [1.29, 1.82) is 0 Å². The maximum atomic E-state index is 10.8. The first-order chi connectivity index (χ1) is 6.36. The van der Waals surface area contributed by atoms with E-state index in [9.17, 15) is 4.79 Å². The van der Waals surface area contributed by atoms with Crippen LogP contribution >= 0.6 is 0 Å². The molecule has 72 valence electrons. The molecule has 5 heteroatoms. The lowest BCUT2D eigenvalue weighted by molar-refractivity contribution is 0.252. The van der Waals surface area contributed by atoms with Crippen molar-refractivity contribution in [3.63, 3.8) is 0 Å². The third-order valence-corrected chi connectivity index (χ3v) is 2.33. The molecule has 0 unspecified atom stereocenters. The first kappa shape index (κ1) is 8.50. The van der Waals surface area contributed by atoms with Crippen LogP contribution in [-0.2, 0) is 0 Å². The lowest BCUT2D eigenvalue weighted by Crippen LogP contribution is -2.36. The maximum absolute atomic E-state index is 10.8. The monoisotopic (exact) mass is 182 g/mol. The Balaban J connectivity index is 1.98. The highest BCUT2D eigenvalue weighted by Crippen LogP contribution is 2.01. The zero-order chi connectivity index (χ0) is 9.10. The molecular formula is C8H14N4O. The fraction of sp³-hybridized carbons (Fsp3) is 0.750. The van der Waals surface area contributed by atoms with E-state index in [1.54, 1.807) is 0 Å². The van der Waals surface area contributed by atoms with Crippen molar-refractivity contribution in [3.05, 3.63) is 0 Å². The molecule has 2 rings (SSSR count). The topological polar surface area (TPSA) is 56.7 Å². The molecule has 0 bridgehead atoms. The number of urea groups is 1. The van der Waals surface area contributed by atoms with Gasteiger partial charge in [0.2, 0.25) is 0 Å². The molecule has 0 saturated carbocycles. The van der Waals surface area contributed by atoms with E-state index in [2.05, 4.69) is 20.5 Å². The Morgan fingerprint density at radius 2 is 2.23 bits per heavy atom. The second-order valence-corrected chi connectivity index (χ2v) is 3.28. The highest BCUT2D eigenvalue weighted by molar-refractivity contribution is 6.01. The van der Waals surface area contributed by atoms with E-state index in [4.69, 9.17) is 0 Å². The predicted molar refractivity (Wildman–Crippen MR) is 49.9 cm³/mol. The van der Waals surface area contributed by atoms with Gasteiger partial charge >= 0.3 is 6.03 Å². The molecule has 13 heavy (non-hydrogen) atoms. The minimum atomic E-state index is -0.202. The third kappa shape index (κ3) is 1.98. The molecule has 0 atom stereocenters. The fourth-order valence-electron chi connectivity index (χ4n) is 1.64. The Morgan fingerprint density at radius 1 is 1.31 bits per heavy atom. The summed E-state index contributed by atoms with van der Waals surface area (Å²) in [5, 5.41) is 5.99. The quantitative estimate of drug-likeness (QED) is 0.526. The average molecular weight is 182 g/mol. The van der Waals surface area contributed by atoms with Crippen molar-refractivity contribution in [2.75, 3.05) is 32.7 Å². The lowest BCUT2D eigenvalue weighted by Gasteiger charge is -2.20. The van der Waals surface area contributed by atoms with E-state index in [1.165, 1.54) is 0 Å². The molecule has 2 aliphatic rings. The van der Waals surface area contributed by atoms with Gasteiger partial charge < -0.3 is 15.5 Å². The summed E-state index contributed by atoms with van der Waals surface area (Å²) in [5.74, 6) is 0.897. The second-order valence-electron chi connectivity index (χ2n) is 3.28. The largest absolute Gasteiger partial charge is 0.357 e. The van der Waals surface area contributed by atoms with Gasteiger partial charge in [-0.3, -0.25) is 0 Å². The Hall–Kier alpha value is -1.10. The summed E-state index contributed by atoms with van der Waals surface area (Å²) >= 11 is 0. The van der Waals surface area contributed by atoms with Gasteiger partial charge in [-0.2, -0.15) is 4.99 Å². The molecule has 0 aromatic carbocycles. The van der Waals surface area contributed by atoms with E-state index < -0.39 is 0 Å². The van der Waals surface area contributed by atoms with Gasteiger partial charge in [0.25, 0.3) is 0 Å². The molecule has 2 aliphatic heterocycles. The molecule has 1 fully saturated rings. The Morgan fingerprint density at radius 3 is 3.00 bits per heavy atom. The molecule has 5 nitrogen and oxygen atoms in total. The first-order valence-electron chi connectivity index (χ1n) is 4.67. The number of nitrogens with one attached hydrogen (secondary N) is 2. The van der Waals surface area contributed by atoms with Crippen LogP contribution < -0.4 is 10.6 Å². The minimum absolute atomic E-state index is 0.202. The number of carbonyl (C=O) groups excluding carboxylic acids is 1. The van der Waals surface area contributed by atoms with Crippen LogP contribution in [0.4, 0.5) is 4.79 Å². The second kappa shape index (κ2) is 3.74. The summed E-state index contributed by atoms with van der Waals surface area (Å²) in [6.07, 6.45) is 1.12. The predicted octanol–water partition coefficient (Wildman–Crippen LogP) is -0.597. The van der Waals surface area contributed by atoms with Gasteiger partial charge in [-0.15, -0.1) is 0 Å². The Bertz CT molecular complexity index is 230. The molecule has 0 radical (unpaired) electrons. The van der Waals surface area contributed by atoms with Crippen LogP contribution in [0.1, 0.15) is 6.42 Å². The highest BCUT2D eigenvalue weighted by Gasteiger charge is 2.19. The number of nitrogens with zero attached hydrogens (tertiary/aromatic N) is 2. The average Bonchev–Trinajstić information content (AvgIpc) is 2.43. The van der Waals surface area contributed by atoms with Crippen molar-refractivity contribution in [3.8, 4) is 0 Å². The summed E-state index contributed by atoms with van der Waals surface area (Å²) in [5.41, 5.74) is 0. The van der Waals surface area contributed by atoms with Crippen LogP contribution in [0, 0.1) is 0 Å². The van der Waals surface area contributed by atoms with Crippen LogP contribution in [0.2, 0.25) is 0 Å². The van der Waals surface area contributed by atoms with E-state index in [0.29, 0.717) is 6.54 Å². The molecule has 0 aromatic heterocycles. The van der Waals surface area contributed by atoms with E-state index in [-0.39, 0.29) is 6.03 Å². The summed E-state index contributed by atoms with van der Waals surface area (Å²) in [7, 11) is 0. The van der Waals surface area contributed by atoms with E-state index >= 15 is 0 Å². The number of hydrogen-bond donors (Lipinski definition) is 2. The summed E-state index contributed by atoms with van der Waals surface area (Å²) < 4.78 is 0. The van der Waals surface area contributed by atoms with Crippen LogP contribution in [0.3, 0.4) is 0 Å². The van der Waals surface area contributed by atoms with Crippen LogP contribution in [0.15, 0.2) is 4.99 Å².